The summed E-state index contributed by atoms with van der Waals surface area (Å²) in [6.07, 6.45) is 9.41. The molecule has 204 valence electrons. The standard InChI is InChI=1S/C30H39N3O5/c1-5-14-31-15-7-12-29(6-2)23(26(31)35)24-27(36)33(17-9-18-34)25-28(37)32(16-8-13-30(24,25)38-29)22-19-20(3)10-11-21(22)4/h7-8,10-13,19,23-25,34H,5-6,9,14-18H2,1-4H3/t23-,24-,25?,29+,30-/m0/s1. The molecule has 38 heavy (non-hydrogen) atoms. The van der Waals surface area contributed by atoms with E-state index in [1.165, 1.54) is 0 Å². The number of aryl methyl sites for hydroxylation is 2. The number of hydrogen-bond donors (Lipinski definition) is 1. The van der Waals surface area contributed by atoms with Crippen LogP contribution in [-0.2, 0) is 19.1 Å². The van der Waals surface area contributed by atoms with Gasteiger partial charge in [-0.05, 0) is 50.3 Å². The van der Waals surface area contributed by atoms with Gasteiger partial charge in [0, 0.05) is 38.5 Å². The molecule has 5 atom stereocenters. The lowest BCUT2D eigenvalue weighted by atomic mass is 9.73. The van der Waals surface area contributed by atoms with Gasteiger partial charge in [0.2, 0.25) is 11.8 Å². The lowest BCUT2D eigenvalue weighted by Crippen LogP contribution is -2.56. The van der Waals surface area contributed by atoms with E-state index in [1.807, 2.05) is 75.1 Å². The summed E-state index contributed by atoms with van der Waals surface area (Å²) in [7, 11) is 0. The fourth-order valence-corrected chi connectivity index (χ4v) is 6.99. The lowest BCUT2D eigenvalue weighted by molar-refractivity contribution is -0.150. The van der Waals surface area contributed by atoms with Gasteiger partial charge in [0.05, 0.1) is 17.4 Å². The Morgan fingerprint density at radius 2 is 1.74 bits per heavy atom. The summed E-state index contributed by atoms with van der Waals surface area (Å²) in [5.41, 5.74) is 0.561. The van der Waals surface area contributed by atoms with Crippen molar-refractivity contribution in [3.05, 3.63) is 53.6 Å². The van der Waals surface area contributed by atoms with E-state index in [4.69, 9.17) is 4.74 Å². The van der Waals surface area contributed by atoms with Crippen LogP contribution in [0.1, 0.15) is 44.2 Å². The second-order valence-electron chi connectivity index (χ2n) is 11.1. The molecule has 1 spiro atoms. The highest BCUT2D eigenvalue weighted by Crippen LogP contribution is 2.58. The van der Waals surface area contributed by atoms with Crippen LogP contribution in [0.25, 0.3) is 0 Å². The Hall–Kier alpha value is -2.97. The Kier molecular flexibility index (Phi) is 6.99. The highest BCUT2D eigenvalue weighted by atomic mass is 16.5. The molecule has 4 aliphatic rings. The van der Waals surface area contributed by atoms with Crippen LogP contribution >= 0.6 is 0 Å². The number of amides is 3. The van der Waals surface area contributed by atoms with Crippen molar-refractivity contribution in [3.8, 4) is 0 Å². The molecule has 0 aliphatic carbocycles. The van der Waals surface area contributed by atoms with Crippen molar-refractivity contribution in [3.63, 3.8) is 0 Å². The van der Waals surface area contributed by atoms with E-state index in [2.05, 4.69) is 0 Å². The van der Waals surface area contributed by atoms with Gasteiger partial charge in [0.15, 0.2) is 0 Å². The molecule has 0 bridgehead atoms. The van der Waals surface area contributed by atoms with E-state index in [9.17, 15) is 19.5 Å². The topological polar surface area (TPSA) is 90.4 Å². The number of aliphatic hydroxyl groups is 1. The zero-order valence-electron chi connectivity index (χ0n) is 22.9. The monoisotopic (exact) mass is 521 g/mol. The van der Waals surface area contributed by atoms with Crippen molar-refractivity contribution in [1.29, 1.82) is 0 Å². The van der Waals surface area contributed by atoms with E-state index < -0.39 is 29.1 Å². The minimum Gasteiger partial charge on any atom is -0.396 e. The number of carbonyl (C=O) groups is 3. The number of ether oxygens (including phenoxy) is 1. The Morgan fingerprint density at radius 1 is 0.974 bits per heavy atom. The Balaban J connectivity index is 1.66. The number of benzene rings is 1. The van der Waals surface area contributed by atoms with E-state index in [0.29, 0.717) is 32.5 Å². The third kappa shape index (κ3) is 3.83. The molecule has 0 aromatic heterocycles. The van der Waals surface area contributed by atoms with Gasteiger partial charge >= 0.3 is 0 Å². The molecule has 1 N–H and O–H groups in total. The third-order valence-electron chi connectivity index (χ3n) is 8.73. The first-order valence-electron chi connectivity index (χ1n) is 13.9. The SMILES string of the molecule is CCCN1CC=C[C@@]2(CC)O[C@]34C=CCN(c5cc(C)ccc5C)C(=O)C3N(CCCO)C(=O)[C@@H]4[C@H]2C1=O. The quantitative estimate of drug-likeness (QED) is 0.558. The first-order valence-corrected chi connectivity index (χ1v) is 13.9. The summed E-state index contributed by atoms with van der Waals surface area (Å²) in [5, 5.41) is 9.62. The molecular weight excluding hydrogens is 482 g/mol. The Labute approximate surface area is 224 Å². The van der Waals surface area contributed by atoms with Crippen molar-refractivity contribution < 1.29 is 24.2 Å². The summed E-state index contributed by atoms with van der Waals surface area (Å²) in [4.78, 5) is 48.0. The van der Waals surface area contributed by atoms with Gasteiger partial charge in [0.25, 0.3) is 5.91 Å². The van der Waals surface area contributed by atoms with Crippen LogP contribution in [0.15, 0.2) is 42.5 Å². The van der Waals surface area contributed by atoms with Crippen LogP contribution in [-0.4, -0.2) is 82.7 Å². The molecule has 4 aliphatic heterocycles. The van der Waals surface area contributed by atoms with Crippen LogP contribution < -0.4 is 4.90 Å². The minimum atomic E-state index is -1.27. The molecule has 8 heteroatoms. The summed E-state index contributed by atoms with van der Waals surface area (Å²) in [5.74, 6) is -2.10. The van der Waals surface area contributed by atoms with E-state index >= 15 is 0 Å². The summed E-state index contributed by atoms with van der Waals surface area (Å²) in [6.45, 7) is 9.51. The number of anilines is 1. The number of likely N-dealkylation sites (tertiary alicyclic amines) is 1. The number of carbonyl (C=O) groups excluding carboxylic acids is 3. The van der Waals surface area contributed by atoms with Crippen molar-refractivity contribution in [2.45, 2.75) is 64.2 Å². The second-order valence-corrected chi connectivity index (χ2v) is 11.1. The van der Waals surface area contributed by atoms with Gasteiger partial charge < -0.3 is 24.5 Å². The molecule has 2 saturated heterocycles. The maximum atomic E-state index is 14.5. The van der Waals surface area contributed by atoms with Crippen molar-refractivity contribution in [1.82, 2.24) is 9.80 Å². The molecule has 3 amide bonds. The maximum absolute atomic E-state index is 14.5. The molecule has 5 rings (SSSR count). The van der Waals surface area contributed by atoms with Gasteiger partial charge in [-0.25, -0.2) is 0 Å². The van der Waals surface area contributed by atoms with Crippen LogP contribution in [0, 0.1) is 25.7 Å². The average Bonchev–Trinajstić information content (AvgIpc) is 3.19. The average molecular weight is 522 g/mol. The van der Waals surface area contributed by atoms with Crippen LogP contribution in [0.5, 0.6) is 0 Å². The molecule has 8 nitrogen and oxygen atoms in total. The van der Waals surface area contributed by atoms with Crippen LogP contribution in [0.2, 0.25) is 0 Å². The van der Waals surface area contributed by atoms with Crippen molar-refractivity contribution >= 4 is 23.4 Å². The lowest BCUT2D eigenvalue weighted by Gasteiger charge is -2.38. The van der Waals surface area contributed by atoms with E-state index in [1.54, 1.807) is 9.80 Å². The van der Waals surface area contributed by atoms with Gasteiger partial charge in [-0.3, -0.25) is 14.4 Å². The first kappa shape index (κ1) is 26.6. The molecule has 0 radical (unpaired) electrons. The van der Waals surface area contributed by atoms with Gasteiger partial charge in [-0.15, -0.1) is 0 Å². The largest absolute Gasteiger partial charge is 0.396 e. The highest BCUT2D eigenvalue weighted by Gasteiger charge is 2.75. The summed E-state index contributed by atoms with van der Waals surface area (Å²) < 4.78 is 6.97. The minimum absolute atomic E-state index is 0.0897. The molecule has 1 aromatic carbocycles. The normalized spacial score (nSPS) is 32.4. The number of aliphatic hydroxyl groups excluding tert-OH is 1. The van der Waals surface area contributed by atoms with E-state index in [-0.39, 0.29) is 30.9 Å². The summed E-state index contributed by atoms with van der Waals surface area (Å²) in [6, 6.07) is 5.07. The molecule has 0 saturated carbocycles. The van der Waals surface area contributed by atoms with E-state index in [0.717, 1.165) is 23.2 Å². The summed E-state index contributed by atoms with van der Waals surface area (Å²) >= 11 is 0. The van der Waals surface area contributed by atoms with Crippen molar-refractivity contribution in [2.24, 2.45) is 11.8 Å². The Morgan fingerprint density at radius 3 is 2.45 bits per heavy atom. The number of nitrogens with zero attached hydrogens (tertiary/aromatic N) is 3. The predicted octanol–water partition coefficient (Wildman–Crippen LogP) is 2.76. The maximum Gasteiger partial charge on any atom is 0.253 e. The zero-order valence-corrected chi connectivity index (χ0v) is 22.9. The smallest absolute Gasteiger partial charge is 0.253 e. The van der Waals surface area contributed by atoms with Crippen LogP contribution in [0.4, 0.5) is 5.69 Å². The zero-order chi connectivity index (χ0) is 27.2. The molecular formula is C30H39N3O5. The molecule has 4 heterocycles. The number of fused-ring (bicyclic) bond motifs is 2. The molecule has 1 aromatic rings. The Bertz CT molecular complexity index is 1190. The fourth-order valence-electron chi connectivity index (χ4n) is 6.99. The molecule has 1 unspecified atom stereocenters. The number of hydrogen-bond acceptors (Lipinski definition) is 5. The highest BCUT2D eigenvalue weighted by molar-refractivity contribution is 6.06. The van der Waals surface area contributed by atoms with Gasteiger partial charge in [0.1, 0.15) is 11.6 Å². The predicted molar refractivity (Wildman–Crippen MR) is 144 cm³/mol. The van der Waals surface area contributed by atoms with Crippen molar-refractivity contribution in [2.75, 3.05) is 37.7 Å². The fraction of sp³-hybridized carbons (Fsp3) is 0.567. The molecule has 2 fully saturated rings. The first-order chi connectivity index (χ1) is 18.2. The number of rotatable bonds is 7. The third-order valence-corrected chi connectivity index (χ3v) is 8.73. The van der Waals surface area contributed by atoms with Gasteiger partial charge in [-0.1, -0.05) is 50.3 Å². The second kappa shape index (κ2) is 9.97. The van der Waals surface area contributed by atoms with Crippen LogP contribution in [0.3, 0.4) is 0 Å². The van der Waals surface area contributed by atoms with Gasteiger partial charge in [-0.2, -0.15) is 0 Å².